The lowest BCUT2D eigenvalue weighted by Crippen LogP contribution is -2.21. The second-order valence-corrected chi connectivity index (χ2v) is 5.27. The van der Waals surface area contributed by atoms with Crippen LogP contribution in [-0.2, 0) is 16.6 Å². The van der Waals surface area contributed by atoms with E-state index in [1.807, 2.05) is 0 Å². The molecule has 0 aliphatic carbocycles. The SMILES string of the molecule is CS(=O)(=O)NCc1ccc2oc(=O)[nH]c2c1. The van der Waals surface area contributed by atoms with E-state index < -0.39 is 15.8 Å². The summed E-state index contributed by atoms with van der Waals surface area (Å²) in [6, 6.07) is 4.97. The van der Waals surface area contributed by atoms with Crippen molar-refractivity contribution in [1.82, 2.24) is 9.71 Å². The molecule has 0 saturated carbocycles. The molecule has 0 atom stereocenters. The Morgan fingerprint density at radius 2 is 2.19 bits per heavy atom. The summed E-state index contributed by atoms with van der Waals surface area (Å²) < 4.78 is 28.9. The van der Waals surface area contributed by atoms with E-state index in [2.05, 4.69) is 9.71 Å². The number of benzene rings is 1. The van der Waals surface area contributed by atoms with Gasteiger partial charge in [0, 0.05) is 6.54 Å². The highest BCUT2D eigenvalue weighted by Crippen LogP contribution is 2.11. The van der Waals surface area contributed by atoms with E-state index >= 15 is 0 Å². The van der Waals surface area contributed by atoms with Crippen LogP contribution in [0.4, 0.5) is 0 Å². The van der Waals surface area contributed by atoms with Crippen LogP contribution in [0.1, 0.15) is 5.56 Å². The highest BCUT2D eigenvalue weighted by molar-refractivity contribution is 7.88. The van der Waals surface area contributed by atoms with Crippen LogP contribution in [-0.4, -0.2) is 19.7 Å². The van der Waals surface area contributed by atoms with Crippen molar-refractivity contribution >= 4 is 21.1 Å². The molecular formula is C9H10N2O4S. The Bertz CT molecular complexity index is 668. The Hall–Kier alpha value is -1.60. The molecule has 0 spiro atoms. The zero-order chi connectivity index (χ0) is 11.8. The number of aromatic nitrogens is 1. The van der Waals surface area contributed by atoms with Gasteiger partial charge in [-0.15, -0.1) is 0 Å². The van der Waals surface area contributed by atoms with Crippen LogP contribution >= 0.6 is 0 Å². The van der Waals surface area contributed by atoms with E-state index in [0.717, 1.165) is 11.8 Å². The summed E-state index contributed by atoms with van der Waals surface area (Å²) in [7, 11) is -3.22. The lowest BCUT2D eigenvalue weighted by molar-refractivity contribution is 0.555. The monoisotopic (exact) mass is 242 g/mol. The molecule has 0 unspecified atom stereocenters. The maximum Gasteiger partial charge on any atom is 0.417 e. The van der Waals surface area contributed by atoms with Gasteiger partial charge in [0.05, 0.1) is 11.8 Å². The van der Waals surface area contributed by atoms with Crippen molar-refractivity contribution in [3.63, 3.8) is 0 Å². The lowest BCUT2D eigenvalue weighted by atomic mass is 10.2. The molecule has 1 heterocycles. The van der Waals surface area contributed by atoms with Gasteiger partial charge in [-0.3, -0.25) is 4.98 Å². The third-order valence-corrected chi connectivity index (χ3v) is 2.69. The van der Waals surface area contributed by atoms with Crippen LogP contribution < -0.4 is 10.5 Å². The fraction of sp³-hybridized carbons (Fsp3) is 0.222. The van der Waals surface area contributed by atoms with Crippen LogP contribution in [0.2, 0.25) is 0 Å². The molecule has 2 rings (SSSR count). The third kappa shape index (κ3) is 2.50. The molecule has 1 aromatic heterocycles. The molecule has 0 radical (unpaired) electrons. The molecule has 2 N–H and O–H groups in total. The Kier molecular flexibility index (Phi) is 2.56. The molecule has 2 aromatic rings. The van der Waals surface area contributed by atoms with Crippen LogP contribution in [0.5, 0.6) is 0 Å². The van der Waals surface area contributed by atoms with E-state index in [1.165, 1.54) is 0 Å². The van der Waals surface area contributed by atoms with Gasteiger partial charge in [-0.25, -0.2) is 17.9 Å². The number of nitrogens with one attached hydrogen (secondary N) is 2. The molecule has 7 heteroatoms. The van der Waals surface area contributed by atoms with Gasteiger partial charge in [-0.1, -0.05) is 6.07 Å². The van der Waals surface area contributed by atoms with Gasteiger partial charge in [0.15, 0.2) is 5.58 Å². The minimum atomic E-state index is -3.22. The van der Waals surface area contributed by atoms with E-state index in [1.54, 1.807) is 18.2 Å². The molecular weight excluding hydrogens is 232 g/mol. The largest absolute Gasteiger partial charge is 0.417 e. The molecule has 16 heavy (non-hydrogen) atoms. The van der Waals surface area contributed by atoms with E-state index in [0.29, 0.717) is 11.1 Å². The molecule has 0 saturated heterocycles. The number of hydrogen-bond donors (Lipinski definition) is 2. The molecule has 86 valence electrons. The number of H-pyrrole nitrogens is 1. The third-order valence-electron chi connectivity index (χ3n) is 2.02. The standard InChI is InChI=1S/C9H10N2O4S/c1-16(13,14)10-5-6-2-3-8-7(4-6)11-9(12)15-8/h2-4,10H,5H2,1H3,(H,11,12). The number of hydrogen-bond acceptors (Lipinski definition) is 4. The molecule has 6 nitrogen and oxygen atoms in total. The zero-order valence-corrected chi connectivity index (χ0v) is 9.30. The second-order valence-electron chi connectivity index (χ2n) is 3.44. The van der Waals surface area contributed by atoms with Crippen molar-refractivity contribution in [2.45, 2.75) is 6.54 Å². The molecule has 0 amide bonds. The average molecular weight is 242 g/mol. The summed E-state index contributed by atoms with van der Waals surface area (Å²) in [5.74, 6) is -0.525. The number of rotatable bonds is 3. The predicted octanol–water partition coefficient (Wildman–Crippen LogP) is 0.170. The molecule has 0 aliphatic rings. The number of fused-ring (bicyclic) bond motifs is 1. The Morgan fingerprint density at radius 1 is 1.44 bits per heavy atom. The van der Waals surface area contributed by atoms with E-state index in [4.69, 9.17) is 4.42 Å². The summed E-state index contributed by atoms with van der Waals surface area (Å²) in [5, 5.41) is 0. The van der Waals surface area contributed by atoms with Gasteiger partial charge in [-0.2, -0.15) is 0 Å². The minimum absolute atomic E-state index is 0.183. The van der Waals surface area contributed by atoms with E-state index in [9.17, 15) is 13.2 Å². The van der Waals surface area contributed by atoms with Crippen molar-refractivity contribution in [3.05, 3.63) is 34.3 Å². The first kappa shape index (κ1) is 10.9. The maximum absolute atomic E-state index is 10.9. The smallest absolute Gasteiger partial charge is 0.408 e. The van der Waals surface area contributed by atoms with Crippen molar-refractivity contribution in [3.8, 4) is 0 Å². The van der Waals surface area contributed by atoms with Crippen LogP contribution in [0.3, 0.4) is 0 Å². The second kappa shape index (κ2) is 3.76. The van der Waals surface area contributed by atoms with Crippen LogP contribution in [0, 0.1) is 0 Å². The van der Waals surface area contributed by atoms with Crippen LogP contribution in [0.15, 0.2) is 27.4 Å². The van der Waals surface area contributed by atoms with Gasteiger partial charge in [0.2, 0.25) is 10.0 Å². The zero-order valence-electron chi connectivity index (χ0n) is 8.48. The summed E-state index contributed by atoms with van der Waals surface area (Å²) in [6.07, 6.45) is 1.09. The maximum atomic E-state index is 10.9. The topological polar surface area (TPSA) is 92.2 Å². The van der Waals surface area contributed by atoms with Gasteiger partial charge in [0.1, 0.15) is 0 Å². The molecule has 0 aliphatic heterocycles. The summed E-state index contributed by atoms with van der Waals surface area (Å²) in [6.45, 7) is 0.183. The first-order valence-electron chi connectivity index (χ1n) is 4.50. The molecule has 0 bridgehead atoms. The summed E-state index contributed by atoms with van der Waals surface area (Å²) in [5.41, 5.74) is 1.75. The Balaban J connectivity index is 2.29. The number of aromatic amines is 1. The van der Waals surface area contributed by atoms with Crippen molar-refractivity contribution in [2.24, 2.45) is 0 Å². The summed E-state index contributed by atoms with van der Waals surface area (Å²) in [4.78, 5) is 13.4. The molecule has 0 fully saturated rings. The van der Waals surface area contributed by atoms with Gasteiger partial charge >= 0.3 is 5.76 Å². The fourth-order valence-electron chi connectivity index (χ4n) is 1.32. The normalized spacial score (nSPS) is 12.1. The Morgan fingerprint density at radius 3 is 2.88 bits per heavy atom. The number of sulfonamides is 1. The highest BCUT2D eigenvalue weighted by Gasteiger charge is 2.04. The summed E-state index contributed by atoms with van der Waals surface area (Å²) >= 11 is 0. The van der Waals surface area contributed by atoms with Gasteiger partial charge in [-0.05, 0) is 17.7 Å². The van der Waals surface area contributed by atoms with Crippen molar-refractivity contribution in [2.75, 3.05) is 6.26 Å². The van der Waals surface area contributed by atoms with Crippen LogP contribution in [0.25, 0.3) is 11.1 Å². The number of oxazole rings is 1. The predicted molar refractivity (Wildman–Crippen MR) is 58.5 cm³/mol. The first-order chi connectivity index (χ1) is 7.44. The minimum Gasteiger partial charge on any atom is -0.408 e. The quantitative estimate of drug-likeness (QED) is 0.802. The van der Waals surface area contributed by atoms with Gasteiger partial charge < -0.3 is 4.42 Å². The van der Waals surface area contributed by atoms with Crippen molar-refractivity contribution < 1.29 is 12.8 Å². The highest BCUT2D eigenvalue weighted by atomic mass is 32.2. The molecule has 1 aromatic carbocycles. The van der Waals surface area contributed by atoms with Crippen molar-refractivity contribution in [1.29, 1.82) is 0 Å². The van der Waals surface area contributed by atoms with Gasteiger partial charge in [0.25, 0.3) is 0 Å². The first-order valence-corrected chi connectivity index (χ1v) is 6.39. The Labute approximate surface area is 91.3 Å². The lowest BCUT2D eigenvalue weighted by Gasteiger charge is -2.01. The van der Waals surface area contributed by atoms with E-state index in [-0.39, 0.29) is 6.54 Å². The fourth-order valence-corrected chi connectivity index (χ4v) is 1.75. The average Bonchev–Trinajstić information content (AvgIpc) is 2.52.